The Labute approximate surface area is 160 Å². The van der Waals surface area contributed by atoms with Crippen molar-refractivity contribution in [3.63, 3.8) is 0 Å². The topological polar surface area (TPSA) is 51.4 Å². The van der Waals surface area contributed by atoms with Gasteiger partial charge in [0.2, 0.25) is 0 Å². The number of pyridine rings is 1. The van der Waals surface area contributed by atoms with Crippen LogP contribution in [-0.2, 0) is 11.3 Å². The molecule has 1 saturated heterocycles. The highest BCUT2D eigenvalue weighted by Crippen LogP contribution is 2.29. The summed E-state index contributed by atoms with van der Waals surface area (Å²) < 4.78 is 12.0. The standard InChI is InChI=1S/C22H25N3O2/c1-16(2)21-14-25(15-22(26-21)17-7-4-3-5-8-17)13-19-11-20(24-27-19)18-9-6-10-23-12-18/h3-12,16,21-22H,13-15H2,1-2H3/t21-,22+/m1/s1. The van der Waals surface area contributed by atoms with E-state index < -0.39 is 0 Å². The molecule has 0 aliphatic carbocycles. The fourth-order valence-corrected chi connectivity index (χ4v) is 3.47. The van der Waals surface area contributed by atoms with Crippen LogP contribution in [0.5, 0.6) is 0 Å². The van der Waals surface area contributed by atoms with Gasteiger partial charge in [-0.1, -0.05) is 49.3 Å². The SMILES string of the molecule is CC(C)[C@H]1CN(Cc2cc(-c3cccnc3)no2)C[C@@H](c2ccccc2)O1. The van der Waals surface area contributed by atoms with Crippen molar-refractivity contribution in [2.45, 2.75) is 32.6 Å². The molecular formula is C22H25N3O2. The minimum atomic E-state index is 0.0769. The van der Waals surface area contributed by atoms with E-state index in [9.17, 15) is 0 Å². The molecule has 2 aromatic heterocycles. The zero-order valence-corrected chi connectivity index (χ0v) is 15.8. The van der Waals surface area contributed by atoms with E-state index in [-0.39, 0.29) is 12.2 Å². The molecule has 0 saturated carbocycles. The lowest BCUT2D eigenvalue weighted by atomic mass is 10.0. The molecule has 5 heteroatoms. The molecule has 3 aromatic rings. The van der Waals surface area contributed by atoms with Crippen LogP contribution in [0.25, 0.3) is 11.3 Å². The molecule has 4 rings (SSSR count). The number of ether oxygens (including phenoxy) is 1. The maximum Gasteiger partial charge on any atom is 0.151 e. The smallest absolute Gasteiger partial charge is 0.151 e. The second-order valence-electron chi connectivity index (χ2n) is 7.43. The molecule has 0 N–H and O–H groups in total. The van der Waals surface area contributed by atoms with Crippen LogP contribution in [0.3, 0.4) is 0 Å². The van der Waals surface area contributed by atoms with Gasteiger partial charge in [-0.15, -0.1) is 0 Å². The Bertz CT molecular complexity index is 848. The molecule has 1 aromatic carbocycles. The van der Waals surface area contributed by atoms with Gasteiger partial charge in [-0.25, -0.2) is 0 Å². The van der Waals surface area contributed by atoms with Crippen molar-refractivity contribution < 1.29 is 9.26 Å². The van der Waals surface area contributed by atoms with Gasteiger partial charge in [-0.05, 0) is 23.6 Å². The van der Waals surface area contributed by atoms with Crippen LogP contribution in [0.2, 0.25) is 0 Å². The van der Waals surface area contributed by atoms with E-state index in [4.69, 9.17) is 9.26 Å². The average molecular weight is 363 g/mol. The third-order valence-electron chi connectivity index (χ3n) is 5.01. The number of morpholine rings is 1. The van der Waals surface area contributed by atoms with Gasteiger partial charge in [0.25, 0.3) is 0 Å². The summed E-state index contributed by atoms with van der Waals surface area (Å²) in [5, 5.41) is 4.21. The van der Waals surface area contributed by atoms with E-state index in [1.54, 1.807) is 12.4 Å². The molecule has 0 amide bonds. The molecule has 0 bridgehead atoms. The first-order valence-corrected chi connectivity index (χ1v) is 9.48. The van der Waals surface area contributed by atoms with E-state index >= 15 is 0 Å². The predicted octanol–water partition coefficient (Wildman–Crippen LogP) is 4.33. The van der Waals surface area contributed by atoms with E-state index in [1.807, 2.05) is 24.3 Å². The first-order chi connectivity index (χ1) is 13.2. The second-order valence-corrected chi connectivity index (χ2v) is 7.43. The Morgan fingerprint density at radius 1 is 1.11 bits per heavy atom. The summed E-state index contributed by atoms with van der Waals surface area (Å²) in [5.74, 6) is 1.32. The molecule has 5 nitrogen and oxygen atoms in total. The molecule has 27 heavy (non-hydrogen) atoms. The van der Waals surface area contributed by atoms with Gasteiger partial charge in [0.1, 0.15) is 5.69 Å². The summed E-state index contributed by atoms with van der Waals surface area (Å²) >= 11 is 0. The zero-order valence-electron chi connectivity index (χ0n) is 15.8. The van der Waals surface area contributed by atoms with Crippen LogP contribution in [0, 0.1) is 5.92 Å². The number of benzene rings is 1. The summed E-state index contributed by atoms with van der Waals surface area (Å²) in [6, 6.07) is 16.4. The largest absolute Gasteiger partial charge is 0.367 e. The van der Waals surface area contributed by atoms with Crippen LogP contribution < -0.4 is 0 Å². The lowest BCUT2D eigenvalue weighted by Gasteiger charge is -2.39. The van der Waals surface area contributed by atoms with Crippen molar-refractivity contribution in [3.8, 4) is 11.3 Å². The van der Waals surface area contributed by atoms with Crippen molar-refractivity contribution in [1.82, 2.24) is 15.0 Å². The van der Waals surface area contributed by atoms with Crippen LogP contribution in [-0.4, -0.2) is 34.2 Å². The van der Waals surface area contributed by atoms with E-state index in [2.05, 4.69) is 53.2 Å². The van der Waals surface area contributed by atoms with Crippen molar-refractivity contribution >= 4 is 0 Å². The van der Waals surface area contributed by atoms with Crippen molar-refractivity contribution in [3.05, 3.63) is 72.2 Å². The molecular weight excluding hydrogens is 338 g/mol. The number of rotatable bonds is 5. The maximum absolute atomic E-state index is 6.38. The predicted molar refractivity (Wildman–Crippen MR) is 104 cm³/mol. The molecule has 140 valence electrons. The minimum Gasteiger partial charge on any atom is -0.367 e. The molecule has 3 heterocycles. The summed E-state index contributed by atoms with van der Waals surface area (Å²) in [7, 11) is 0. The normalized spacial score (nSPS) is 20.9. The third kappa shape index (κ3) is 4.26. The average Bonchev–Trinajstić information content (AvgIpc) is 3.17. The minimum absolute atomic E-state index is 0.0769. The monoisotopic (exact) mass is 363 g/mol. The van der Waals surface area contributed by atoms with Gasteiger partial charge in [0.05, 0.1) is 18.8 Å². The van der Waals surface area contributed by atoms with Gasteiger partial charge >= 0.3 is 0 Å². The Morgan fingerprint density at radius 2 is 1.96 bits per heavy atom. The van der Waals surface area contributed by atoms with Crippen LogP contribution in [0.4, 0.5) is 0 Å². The van der Waals surface area contributed by atoms with Crippen molar-refractivity contribution in [1.29, 1.82) is 0 Å². The van der Waals surface area contributed by atoms with Gasteiger partial charge in [-0.2, -0.15) is 0 Å². The number of nitrogens with zero attached hydrogens (tertiary/aromatic N) is 3. The molecule has 1 aliphatic rings. The number of hydrogen-bond acceptors (Lipinski definition) is 5. The van der Waals surface area contributed by atoms with E-state index in [0.29, 0.717) is 5.92 Å². The van der Waals surface area contributed by atoms with Gasteiger partial charge in [0, 0.05) is 37.1 Å². The summed E-state index contributed by atoms with van der Waals surface area (Å²) in [6.45, 7) is 6.89. The lowest BCUT2D eigenvalue weighted by Crippen LogP contribution is -2.45. The first-order valence-electron chi connectivity index (χ1n) is 9.48. The van der Waals surface area contributed by atoms with Crippen LogP contribution >= 0.6 is 0 Å². The van der Waals surface area contributed by atoms with Gasteiger partial charge in [0.15, 0.2) is 5.76 Å². The third-order valence-corrected chi connectivity index (χ3v) is 5.01. The van der Waals surface area contributed by atoms with Crippen LogP contribution in [0.15, 0.2) is 65.4 Å². The van der Waals surface area contributed by atoms with E-state index in [0.717, 1.165) is 36.7 Å². The fourth-order valence-electron chi connectivity index (χ4n) is 3.47. The molecule has 1 fully saturated rings. The highest BCUT2D eigenvalue weighted by Gasteiger charge is 2.31. The Kier molecular flexibility index (Phi) is 5.32. The van der Waals surface area contributed by atoms with E-state index in [1.165, 1.54) is 5.56 Å². The second kappa shape index (κ2) is 8.03. The van der Waals surface area contributed by atoms with Crippen molar-refractivity contribution in [2.75, 3.05) is 13.1 Å². The molecule has 0 radical (unpaired) electrons. The highest BCUT2D eigenvalue weighted by atomic mass is 16.5. The lowest BCUT2D eigenvalue weighted by molar-refractivity contribution is -0.109. The zero-order chi connectivity index (χ0) is 18.6. The number of hydrogen-bond donors (Lipinski definition) is 0. The summed E-state index contributed by atoms with van der Waals surface area (Å²) in [6.07, 6.45) is 3.84. The molecule has 0 unspecified atom stereocenters. The van der Waals surface area contributed by atoms with Gasteiger partial charge in [-0.3, -0.25) is 9.88 Å². The highest BCUT2D eigenvalue weighted by molar-refractivity contribution is 5.57. The fraction of sp³-hybridized carbons (Fsp3) is 0.364. The summed E-state index contributed by atoms with van der Waals surface area (Å²) in [5.41, 5.74) is 3.02. The Balaban J connectivity index is 1.50. The molecule has 1 aliphatic heterocycles. The van der Waals surface area contributed by atoms with Crippen molar-refractivity contribution in [2.24, 2.45) is 5.92 Å². The summed E-state index contributed by atoms with van der Waals surface area (Å²) in [4.78, 5) is 6.55. The number of aromatic nitrogens is 2. The maximum atomic E-state index is 6.38. The Morgan fingerprint density at radius 3 is 2.70 bits per heavy atom. The Hall–Kier alpha value is -2.50. The molecule has 0 spiro atoms. The van der Waals surface area contributed by atoms with Crippen LogP contribution in [0.1, 0.15) is 31.3 Å². The first kappa shape index (κ1) is 17.9. The quantitative estimate of drug-likeness (QED) is 0.675. The van der Waals surface area contributed by atoms with Gasteiger partial charge < -0.3 is 9.26 Å². The molecule has 2 atom stereocenters.